The third kappa shape index (κ3) is 7.22. The van der Waals surface area contributed by atoms with E-state index in [-0.39, 0.29) is 13.2 Å². The summed E-state index contributed by atoms with van der Waals surface area (Å²) in [6.45, 7) is 6.96. The number of nitrogens with one attached hydrogen (secondary N) is 1. The van der Waals surface area contributed by atoms with E-state index in [1.165, 1.54) is 0 Å². The Morgan fingerprint density at radius 3 is 2.19 bits per heavy atom. The fraction of sp³-hybridized carbons (Fsp3) is 0.400. The van der Waals surface area contributed by atoms with E-state index in [0.29, 0.717) is 0 Å². The van der Waals surface area contributed by atoms with Crippen molar-refractivity contribution in [2.24, 2.45) is 0 Å². The molecule has 92 valence electrons. The summed E-state index contributed by atoms with van der Waals surface area (Å²) in [6.07, 6.45) is 3.65. The summed E-state index contributed by atoms with van der Waals surface area (Å²) in [5, 5.41) is 0. The number of hydrogen-bond acceptors (Lipinski definition) is 4. The summed E-state index contributed by atoms with van der Waals surface area (Å²) in [7, 11) is -3.68. The molecule has 16 heavy (non-hydrogen) atoms. The molecule has 1 aromatic rings. The Kier molecular flexibility index (Phi) is 7.53. The number of aromatic nitrogens is 1. The van der Waals surface area contributed by atoms with E-state index < -0.39 is 10.4 Å². The third-order valence-corrected chi connectivity index (χ3v) is 2.42. The summed E-state index contributed by atoms with van der Waals surface area (Å²) in [5.74, 6) is 0. The molecule has 0 bridgehead atoms. The minimum Gasteiger partial charge on any atom is -0.362 e. The molecule has 0 unspecified atom stereocenters. The van der Waals surface area contributed by atoms with Crippen LogP contribution >= 0.6 is 0 Å². The Labute approximate surface area is 96.4 Å². The van der Waals surface area contributed by atoms with Gasteiger partial charge >= 0.3 is 10.4 Å². The quantitative estimate of drug-likeness (QED) is 0.863. The van der Waals surface area contributed by atoms with Crippen molar-refractivity contribution in [2.45, 2.75) is 13.8 Å². The van der Waals surface area contributed by atoms with Gasteiger partial charge in [-0.25, -0.2) is 8.37 Å². The van der Waals surface area contributed by atoms with Crippen molar-refractivity contribution in [3.63, 3.8) is 0 Å². The molecule has 1 aromatic heterocycles. The van der Waals surface area contributed by atoms with Gasteiger partial charge in [0.1, 0.15) is 0 Å². The van der Waals surface area contributed by atoms with Gasteiger partial charge in [0, 0.05) is 11.9 Å². The molecule has 6 heteroatoms. The monoisotopic (exact) mass is 247 g/mol. The van der Waals surface area contributed by atoms with E-state index in [9.17, 15) is 8.42 Å². The van der Waals surface area contributed by atoms with E-state index in [4.69, 9.17) is 0 Å². The van der Waals surface area contributed by atoms with Gasteiger partial charge in [-0.1, -0.05) is 6.58 Å². The van der Waals surface area contributed by atoms with Gasteiger partial charge in [-0.15, -0.1) is 0 Å². The molecule has 0 atom stereocenters. The van der Waals surface area contributed by atoms with Crippen LogP contribution < -0.4 is 0 Å². The predicted octanol–water partition coefficient (Wildman–Crippen LogP) is 1.96. The van der Waals surface area contributed by atoms with E-state index in [1.54, 1.807) is 19.9 Å². The van der Waals surface area contributed by atoms with Crippen LogP contribution in [0.4, 0.5) is 0 Å². The molecule has 0 spiro atoms. The Hall–Kier alpha value is -1.11. The minimum atomic E-state index is -3.68. The van der Waals surface area contributed by atoms with Gasteiger partial charge < -0.3 is 4.98 Å². The lowest BCUT2D eigenvalue weighted by Gasteiger charge is -1.99. The Bertz CT molecular complexity index is 358. The lowest BCUT2D eigenvalue weighted by atomic mass is 10.4. The summed E-state index contributed by atoms with van der Waals surface area (Å²) in [6, 6.07) is 3.91. The molecule has 0 saturated heterocycles. The maximum Gasteiger partial charge on any atom is 0.399 e. The Balaban J connectivity index is 0.000000288. The van der Waals surface area contributed by atoms with Gasteiger partial charge in [0.2, 0.25) is 0 Å². The van der Waals surface area contributed by atoms with Crippen LogP contribution in [0, 0.1) is 0 Å². The van der Waals surface area contributed by atoms with Gasteiger partial charge in [-0.05, 0) is 32.1 Å². The topological polar surface area (TPSA) is 68.4 Å². The van der Waals surface area contributed by atoms with Crippen LogP contribution in [-0.2, 0) is 18.8 Å². The van der Waals surface area contributed by atoms with Crippen molar-refractivity contribution in [3.05, 3.63) is 30.6 Å². The molecule has 1 rings (SSSR count). The zero-order valence-electron chi connectivity index (χ0n) is 9.47. The summed E-state index contributed by atoms with van der Waals surface area (Å²) < 4.78 is 29.2. The number of aromatic amines is 1. The molecule has 0 radical (unpaired) electrons. The Morgan fingerprint density at radius 2 is 1.94 bits per heavy atom. The van der Waals surface area contributed by atoms with Crippen LogP contribution in [-0.4, -0.2) is 26.6 Å². The molecule has 0 aromatic carbocycles. The van der Waals surface area contributed by atoms with Crippen LogP contribution in [0.2, 0.25) is 0 Å². The van der Waals surface area contributed by atoms with Gasteiger partial charge in [0.15, 0.2) is 0 Å². The Morgan fingerprint density at radius 1 is 1.38 bits per heavy atom. The minimum absolute atomic E-state index is 0.113. The first-order valence-corrected chi connectivity index (χ1v) is 6.18. The maximum absolute atomic E-state index is 10.4. The van der Waals surface area contributed by atoms with Crippen LogP contribution in [0.1, 0.15) is 19.5 Å². The highest BCUT2D eigenvalue weighted by molar-refractivity contribution is 7.81. The lowest BCUT2D eigenvalue weighted by Crippen LogP contribution is -2.09. The van der Waals surface area contributed by atoms with Crippen LogP contribution in [0.5, 0.6) is 0 Å². The van der Waals surface area contributed by atoms with E-state index in [1.807, 2.05) is 18.3 Å². The van der Waals surface area contributed by atoms with Crippen LogP contribution in [0.3, 0.4) is 0 Å². The number of hydrogen-bond donors (Lipinski definition) is 1. The summed E-state index contributed by atoms with van der Waals surface area (Å²) in [5.41, 5.74) is 1.07. The summed E-state index contributed by atoms with van der Waals surface area (Å²) >= 11 is 0. The van der Waals surface area contributed by atoms with E-state index in [0.717, 1.165) is 5.69 Å². The fourth-order valence-corrected chi connectivity index (χ4v) is 1.44. The molecular formula is C10H17NO4S. The molecule has 0 aliphatic heterocycles. The summed E-state index contributed by atoms with van der Waals surface area (Å²) in [4.78, 5) is 2.97. The van der Waals surface area contributed by atoms with Gasteiger partial charge in [-0.3, -0.25) is 0 Å². The maximum atomic E-state index is 10.4. The normalized spacial score (nSPS) is 10.4. The average Bonchev–Trinajstić information content (AvgIpc) is 2.70. The first-order valence-electron chi connectivity index (χ1n) is 4.85. The largest absolute Gasteiger partial charge is 0.399 e. The molecule has 1 heterocycles. The van der Waals surface area contributed by atoms with Crippen molar-refractivity contribution in [3.8, 4) is 0 Å². The van der Waals surface area contributed by atoms with Crippen molar-refractivity contribution in [1.29, 1.82) is 0 Å². The molecule has 0 saturated carbocycles. The van der Waals surface area contributed by atoms with E-state index >= 15 is 0 Å². The zero-order chi connectivity index (χ0) is 12.4. The van der Waals surface area contributed by atoms with Crippen molar-refractivity contribution < 1.29 is 16.8 Å². The molecule has 5 nitrogen and oxygen atoms in total. The first kappa shape index (κ1) is 14.9. The van der Waals surface area contributed by atoms with Gasteiger partial charge in [-0.2, -0.15) is 8.42 Å². The van der Waals surface area contributed by atoms with Crippen LogP contribution in [0.15, 0.2) is 24.9 Å². The fourth-order valence-electron chi connectivity index (χ4n) is 0.794. The molecule has 1 N–H and O–H groups in total. The predicted molar refractivity (Wildman–Crippen MR) is 63.1 cm³/mol. The molecule has 0 fully saturated rings. The third-order valence-electron chi connectivity index (χ3n) is 1.37. The first-order chi connectivity index (χ1) is 7.55. The second-order valence-electron chi connectivity index (χ2n) is 2.55. The van der Waals surface area contributed by atoms with Gasteiger partial charge in [0.05, 0.1) is 13.2 Å². The second kappa shape index (κ2) is 8.09. The van der Waals surface area contributed by atoms with Crippen molar-refractivity contribution in [1.82, 2.24) is 4.98 Å². The number of rotatable bonds is 5. The van der Waals surface area contributed by atoms with Crippen molar-refractivity contribution in [2.75, 3.05) is 13.2 Å². The molecule has 0 aliphatic rings. The molecular weight excluding hydrogens is 230 g/mol. The van der Waals surface area contributed by atoms with Crippen LogP contribution in [0.25, 0.3) is 6.08 Å². The zero-order valence-corrected chi connectivity index (χ0v) is 10.3. The lowest BCUT2D eigenvalue weighted by molar-refractivity contribution is 0.231. The highest BCUT2D eigenvalue weighted by Gasteiger charge is 2.06. The van der Waals surface area contributed by atoms with E-state index in [2.05, 4.69) is 19.9 Å². The SMILES string of the molecule is C=Cc1ccc[nH]1.CCOS(=O)(=O)OCC. The number of H-pyrrole nitrogens is 1. The van der Waals surface area contributed by atoms with Gasteiger partial charge in [0.25, 0.3) is 0 Å². The van der Waals surface area contributed by atoms with Crippen molar-refractivity contribution >= 4 is 16.5 Å². The smallest absolute Gasteiger partial charge is 0.362 e. The molecule has 0 amide bonds. The highest BCUT2D eigenvalue weighted by Crippen LogP contribution is 1.93. The standard InChI is InChI=1S/C6H7N.C4H10O4S/c1-2-6-4-3-5-7-6;1-3-7-9(5,6)8-4-2/h2-5,7H,1H2;3-4H2,1-2H3. The molecule has 0 aliphatic carbocycles. The second-order valence-corrected chi connectivity index (χ2v) is 3.84. The highest BCUT2D eigenvalue weighted by atomic mass is 32.3. The average molecular weight is 247 g/mol.